The summed E-state index contributed by atoms with van der Waals surface area (Å²) in [5, 5.41) is 6.72. The maximum Gasteiger partial charge on any atom is 0.271 e. The normalized spacial score (nSPS) is 10.4. The Morgan fingerprint density at radius 3 is 2.50 bits per heavy atom. The molecule has 0 spiro atoms. The van der Waals surface area contributed by atoms with Gasteiger partial charge in [-0.2, -0.15) is 9.78 Å². The molecule has 28 heavy (non-hydrogen) atoms. The molecule has 7 nitrogen and oxygen atoms in total. The van der Waals surface area contributed by atoms with Gasteiger partial charge in [-0.25, -0.2) is 4.39 Å². The minimum Gasteiger partial charge on any atom is -0.493 e. The van der Waals surface area contributed by atoms with Gasteiger partial charge in [-0.15, -0.1) is 0 Å². The molecule has 1 amide bonds. The Hall–Kier alpha value is -3.68. The van der Waals surface area contributed by atoms with Gasteiger partial charge in [0.15, 0.2) is 11.5 Å². The van der Waals surface area contributed by atoms with Gasteiger partial charge in [0.25, 0.3) is 11.5 Å². The predicted octanol–water partition coefficient (Wildman–Crippen LogP) is 2.19. The number of methoxy groups -OCH3 is 1. The summed E-state index contributed by atoms with van der Waals surface area (Å²) in [6.45, 7) is 0.456. The molecule has 0 atom stereocenters. The number of hydrogen-bond acceptors (Lipinski definition) is 5. The lowest BCUT2D eigenvalue weighted by molar-refractivity contribution is 0.0940. The summed E-state index contributed by atoms with van der Waals surface area (Å²) in [7, 11) is 1.55. The largest absolute Gasteiger partial charge is 0.493 e. The Balaban J connectivity index is 1.62. The molecule has 0 saturated carbocycles. The lowest BCUT2D eigenvalue weighted by atomic mass is 10.3. The predicted molar refractivity (Wildman–Crippen MR) is 101 cm³/mol. The molecule has 0 saturated heterocycles. The molecule has 0 unspecified atom stereocenters. The van der Waals surface area contributed by atoms with Crippen molar-refractivity contribution in [2.75, 3.05) is 20.3 Å². The zero-order chi connectivity index (χ0) is 19.9. The van der Waals surface area contributed by atoms with E-state index in [1.807, 2.05) is 12.1 Å². The van der Waals surface area contributed by atoms with Gasteiger partial charge in [0.1, 0.15) is 18.1 Å². The summed E-state index contributed by atoms with van der Waals surface area (Å²) >= 11 is 0. The number of rotatable bonds is 7. The highest BCUT2D eigenvalue weighted by atomic mass is 19.1. The molecule has 3 rings (SSSR count). The van der Waals surface area contributed by atoms with Crippen LogP contribution in [0.25, 0.3) is 5.69 Å². The second-order valence-electron chi connectivity index (χ2n) is 5.70. The topological polar surface area (TPSA) is 82.5 Å². The maximum atomic E-state index is 13.1. The van der Waals surface area contributed by atoms with Gasteiger partial charge in [0, 0.05) is 6.07 Å². The summed E-state index contributed by atoms with van der Waals surface area (Å²) in [5.74, 6) is 0.282. The first-order valence-corrected chi connectivity index (χ1v) is 8.49. The van der Waals surface area contributed by atoms with Crippen molar-refractivity contribution in [3.63, 3.8) is 0 Å². The van der Waals surface area contributed by atoms with Crippen molar-refractivity contribution in [1.82, 2.24) is 15.1 Å². The van der Waals surface area contributed by atoms with Gasteiger partial charge in [0.05, 0.1) is 19.3 Å². The first-order valence-electron chi connectivity index (χ1n) is 8.49. The van der Waals surface area contributed by atoms with E-state index in [-0.39, 0.29) is 18.8 Å². The lowest BCUT2D eigenvalue weighted by Gasteiger charge is -2.11. The molecular weight excluding hydrogens is 365 g/mol. The van der Waals surface area contributed by atoms with Crippen LogP contribution in [-0.2, 0) is 0 Å². The van der Waals surface area contributed by atoms with Crippen molar-refractivity contribution in [3.05, 3.63) is 82.5 Å². The van der Waals surface area contributed by atoms with Crippen LogP contribution < -0.4 is 20.3 Å². The molecule has 1 N–H and O–H groups in total. The number of benzene rings is 2. The molecule has 1 heterocycles. The summed E-state index contributed by atoms with van der Waals surface area (Å²) in [4.78, 5) is 24.3. The summed E-state index contributed by atoms with van der Waals surface area (Å²) < 4.78 is 24.9. The van der Waals surface area contributed by atoms with Crippen LogP contribution in [0.2, 0.25) is 0 Å². The summed E-state index contributed by atoms with van der Waals surface area (Å²) in [6, 6.07) is 15.0. The zero-order valence-corrected chi connectivity index (χ0v) is 15.1. The third-order valence-electron chi connectivity index (χ3n) is 3.82. The molecule has 2 aromatic carbocycles. The van der Waals surface area contributed by atoms with Crippen LogP contribution in [0.1, 0.15) is 10.5 Å². The number of nitrogens with zero attached hydrogens (tertiary/aromatic N) is 2. The Morgan fingerprint density at radius 2 is 1.79 bits per heavy atom. The van der Waals surface area contributed by atoms with Crippen molar-refractivity contribution in [1.29, 1.82) is 0 Å². The van der Waals surface area contributed by atoms with Crippen LogP contribution in [0, 0.1) is 5.82 Å². The summed E-state index contributed by atoms with van der Waals surface area (Å²) in [6.07, 6.45) is 0. The monoisotopic (exact) mass is 383 g/mol. The molecular formula is C20H18FN3O4. The number of ether oxygens (including phenoxy) is 2. The van der Waals surface area contributed by atoms with Crippen molar-refractivity contribution in [2.45, 2.75) is 0 Å². The van der Waals surface area contributed by atoms with E-state index in [0.717, 1.165) is 4.68 Å². The van der Waals surface area contributed by atoms with Crippen LogP contribution in [0.4, 0.5) is 4.39 Å². The van der Waals surface area contributed by atoms with E-state index < -0.39 is 17.3 Å². The number of nitrogens with one attached hydrogen (secondary N) is 1. The van der Waals surface area contributed by atoms with Crippen molar-refractivity contribution in [2.24, 2.45) is 0 Å². The summed E-state index contributed by atoms with van der Waals surface area (Å²) in [5.41, 5.74) is -0.00978. The molecule has 3 aromatic rings. The van der Waals surface area contributed by atoms with Crippen LogP contribution in [0.3, 0.4) is 0 Å². The third kappa shape index (κ3) is 4.53. The molecule has 0 bridgehead atoms. The minimum absolute atomic E-state index is 0.0567. The minimum atomic E-state index is -0.459. The lowest BCUT2D eigenvalue weighted by Crippen LogP contribution is -2.31. The number of aromatic nitrogens is 2. The van der Waals surface area contributed by atoms with E-state index in [2.05, 4.69) is 10.4 Å². The number of amides is 1. The van der Waals surface area contributed by atoms with Gasteiger partial charge in [-0.05, 0) is 42.5 Å². The highest BCUT2D eigenvalue weighted by Gasteiger charge is 2.11. The second kappa shape index (κ2) is 8.81. The van der Waals surface area contributed by atoms with E-state index >= 15 is 0 Å². The molecule has 0 aliphatic carbocycles. The highest BCUT2D eigenvalue weighted by molar-refractivity contribution is 5.92. The number of para-hydroxylation sites is 2. The molecule has 1 aromatic heterocycles. The Labute approximate surface area is 160 Å². The first-order chi connectivity index (χ1) is 13.6. The van der Waals surface area contributed by atoms with E-state index in [9.17, 15) is 14.0 Å². The fourth-order valence-electron chi connectivity index (χ4n) is 2.45. The van der Waals surface area contributed by atoms with Crippen molar-refractivity contribution in [3.8, 4) is 17.2 Å². The first kappa shape index (κ1) is 19.1. The van der Waals surface area contributed by atoms with Gasteiger partial charge in [-0.1, -0.05) is 12.1 Å². The van der Waals surface area contributed by atoms with Crippen LogP contribution >= 0.6 is 0 Å². The number of halogens is 1. The molecule has 0 radical (unpaired) electrons. The van der Waals surface area contributed by atoms with E-state index in [4.69, 9.17) is 9.47 Å². The van der Waals surface area contributed by atoms with Crippen molar-refractivity contribution >= 4 is 5.91 Å². The molecule has 0 aliphatic rings. The van der Waals surface area contributed by atoms with Gasteiger partial charge in [-0.3, -0.25) is 9.59 Å². The van der Waals surface area contributed by atoms with Gasteiger partial charge >= 0.3 is 0 Å². The number of carbonyl (C=O) groups is 1. The Morgan fingerprint density at radius 1 is 1.07 bits per heavy atom. The van der Waals surface area contributed by atoms with Crippen LogP contribution in [-0.4, -0.2) is 35.9 Å². The van der Waals surface area contributed by atoms with Crippen LogP contribution in [0.15, 0.2) is 65.5 Å². The molecule has 8 heteroatoms. The van der Waals surface area contributed by atoms with E-state index in [1.54, 1.807) is 19.2 Å². The molecule has 0 fully saturated rings. The van der Waals surface area contributed by atoms with E-state index in [0.29, 0.717) is 17.2 Å². The van der Waals surface area contributed by atoms with E-state index in [1.165, 1.54) is 36.4 Å². The maximum absolute atomic E-state index is 13.1. The third-order valence-corrected chi connectivity index (χ3v) is 3.82. The molecule has 0 aliphatic heterocycles. The van der Waals surface area contributed by atoms with Gasteiger partial charge < -0.3 is 14.8 Å². The average Bonchev–Trinajstić information content (AvgIpc) is 2.72. The molecule has 144 valence electrons. The van der Waals surface area contributed by atoms with Gasteiger partial charge in [0.2, 0.25) is 0 Å². The standard InChI is InChI=1S/C20H18FN3O4/c1-27-17-4-2-3-5-18(17)28-13-12-22-20(26)16-10-11-19(25)24(23-16)15-8-6-14(21)7-9-15/h2-11H,12-13H2,1H3,(H,22,26). The Kier molecular flexibility index (Phi) is 6.01. The second-order valence-corrected chi connectivity index (χ2v) is 5.70. The fraction of sp³-hybridized carbons (Fsp3) is 0.150. The SMILES string of the molecule is COc1ccccc1OCCNC(=O)c1ccc(=O)n(-c2ccc(F)cc2)n1. The van der Waals surface area contributed by atoms with Crippen molar-refractivity contribution < 1.29 is 18.7 Å². The fourth-order valence-corrected chi connectivity index (χ4v) is 2.45. The highest BCUT2D eigenvalue weighted by Crippen LogP contribution is 2.25. The Bertz CT molecular complexity index is 1020. The number of carbonyl (C=O) groups excluding carboxylic acids is 1. The van der Waals surface area contributed by atoms with Crippen LogP contribution in [0.5, 0.6) is 11.5 Å². The smallest absolute Gasteiger partial charge is 0.271 e. The number of hydrogen-bond donors (Lipinski definition) is 1. The zero-order valence-electron chi connectivity index (χ0n) is 15.1. The quantitative estimate of drug-likeness (QED) is 0.633. The average molecular weight is 383 g/mol.